The van der Waals surface area contributed by atoms with Crippen molar-refractivity contribution in [3.63, 3.8) is 0 Å². The fraction of sp³-hybridized carbons (Fsp3) is 0.333. The van der Waals surface area contributed by atoms with Gasteiger partial charge >= 0.3 is 0 Å². The number of carbonyl (C=O) groups excluding carboxylic acids is 1. The van der Waals surface area contributed by atoms with Gasteiger partial charge in [-0.15, -0.1) is 0 Å². The average Bonchev–Trinajstić information content (AvgIpc) is 1.91. The Bertz CT molecular complexity index is 175. The lowest BCUT2D eigenvalue weighted by atomic mass is 10.3. The number of aldehydes is 1. The number of allylic oxidation sites excluding steroid dienone is 1. The van der Waals surface area contributed by atoms with E-state index in [9.17, 15) is 4.79 Å². The average molecular weight is 205 g/mol. The van der Waals surface area contributed by atoms with Crippen molar-refractivity contribution in [2.45, 2.75) is 6.92 Å². The molecule has 0 bridgehead atoms. The summed E-state index contributed by atoms with van der Waals surface area (Å²) in [4.78, 5) is 14.1. The van der Waals surface area contributed by atoms with Crippen LogP contribution in [0.25, 0.3) is 0 Å². The van der Waals surface area contributed by atoms with Gasteiger partial charge in [-0.05, 0) is 22.9 Å². The normalized spacial score (nSPS) is 13.4. The summed E-state index contributed by atoms with van der Waals surface area (Å²) >= 11 is 3.10. The summed E-state index contributed by atoms with van der Waals surface area (Å²) in [6.45, 7) is 2.51. The Kier molecular flexibility index (Phi) is 4.84. The van der Waals surface area contributed by atoms with Gasteiger partial charge in [0.25, 0.3) is 0 Å². The van der Waals surface area contributed by atoms with Crippen molar-refractivity contribution in [3.8, 4) is 0 Å². The second kappa shape index (κ2) is 5.17. The number of halogens is 1. The van der Waals surface area contributed by atoms with Crippen molar-refractivity contribution in [3.05, 3.63) is 11.8 Å². The van der Waals surface area contributed by atoms with Gasteiger partial charge in [0.15, 0.2) is 6.29 Å². The lowest BCUT2D eigenvalue weighted by Crippen LogP contribution is -1.99. The maximum absolute atomic E-state index is 10.2. The molecule has 3 nitrogen and oxygen atoms in total. The molecule has 0 aliphatic rings. The number of aliphatic imine (C=N–C) groups is 1. The number of nitrogens with two attached hydrogens (primary N) is 1. The van der Waals surface area contributed by atoms with E-state index in [2.05, 4.69) is 20.9 Å². The summed E-state index contributed by atoms with van der Waals surface area (Å²) < 4.78 is 0.507. The predicted octanol–water partition coefficient (Wildman–Crippen LogP) is 0.841. The van der Waals surface area contributed by atoms with E-state index >= 15 is 0 Å². The third-order valence-corrected chi connectivity index (χ3v) is 1.55. The number of hydrogen-bond acceptors (Lipinski definition) is 3. The maximum Gasteiger partial charge on any atom is 0.154 e. The lowest BCUT2D eigenvalue weighted by molar-refractivity contribution is -0.104. The lowest BCUT2D eigenvalue weighted by Gasteiger charge is -1.92. The molecule has 0 aliphatic heterocycles. The van der Waals surface area contributed by atoms with Gasteiger partial charge in [-0.2, -0.15) is 0 Å². The molecule has 56 valence electrons. The highest BCUT2D eigenvalue weighted by atomic mass is 79.9. The van der Waals surface area contributed by atoms with E-state index in [-0.39, 0.29) is 0 Å². The molecular weight excluding hydrogens is 196 g/mol. The number of carbonyl (C=O) groups is 1. The van der Waals surface area contributed by atoms with Gasteiger partial charge in [0.1, 0.15) is 4.62 Å². The van der Waals surface area contributed by atoms with E-state index < -0.39 is 0 Å². The molecule has 0 saturated carbocycles. The van der Waals surface area contributed by atoms with Gasteiger partial charge in [-0.25, -0.2) is 0 Å². The second-order valence-electron chi connectivity index (χ2n) is 1.51. The van der Waals surface area contributed by atoms with E-state index in [1.807, 2.05) is 6.92 Å². The number of rotatable bonds is 3. The molecule has 0 unspecified atom stereocenters. The van der Waals surface area contributed by atoms with Crippen LogP contribution in [0.1, 0.15) is 6.92 Å². The highest BCUT2D eigenvalue weighted by Crippen LogP contribution is 2.00. The fourth-order valence-corrected chi connectivity index (χ4v) is 0.863. The molecule has 0 aromatic carbocycles. The quantitative estimate of drug-likeness (QED) is 0.421. The van der Waals surface area contributed by atoms with Crippen LogP contribution in [0.3, 0.4) is 0 Å². The van der Waals surface area contributed by atoms with Crippen LogP contribution in [-0.4, -0.2) is 17.5 Å². The van der Waals surface area contributed by atoms with Crippen molar-refractivity contribution in [1.29, 1.82) is 0 Å². The van der Waals surface area contributed by atoms with Crippen LogP contribution in [0.4, 0.5) is 0 Å². The van der Waals surface area contributed by atoms with Gasteiger partial charge in [0, 0.05) is 12.7 Å². The van der Waals surface area contributed by atoms with Gasteiger partial charge < -0.3 is 5.73 Å². The molecule has 0 aromatic heterocycles. The van der Waals surface area contributed by atoms with E-state index in [1.54, 1.807) is 0 Å². The molecule has 4 heteroatoms. The van der Waals surface area contributed by atoms with Crippen LogP contribution in [0, 0.1) is 0 Å². The minimum absolute atomic E-state index is 0.377. The third kappa shape index (κ3) is 2.77. The molecule has 0 fully saturated rings. The van der Waals surface area contributed by atoms with Crippen molar-refractivity contribution in [2.75, 3.05) is 6.54 Å². The molecule has 0 atom stereocenters. The second-order valence-corrected chi connectivity index (χ2v) is 2.26. The van der Waals surface area contributed by atoms with Gasteiger partial charge in [-0.3, -0.25) is 9.79 Å². The topological polar surface area (TPSA) is 55.5 Å². The summed E-state index contributed by atoms with van der Waals surface area (Å²) in [5.74, 6) is 0. The molecule has 10 heavy (non-hydrogen) atoms. The maximum atomic E-state index is 10.2. The Morgan fingerprint density at radius 2 is 2.40 bits per heavy atom. The van der Waals surface area contributed by atoms with Gasteiger partial charge in [-0.1, -0.05) is 0 Å². The minimum Gasteiger partial charge on any atom is -0.404 e. The highest BCUT2D eigenvalue weighted by Gasteiger charge is 1.98. The smallest absolute Gasteiger partial charge is 0.154 e. The number of hydrogen-bond donors (Lipinski definition) is 1. The fourth-order valence-electron chi connectivity index (χ4n) is 0.387. The van der Waals surface area contributed by atoms with Crippen molar-refractivity contribution < 1.29 is 4.79 Å². The predicted molar refractivity (Wildman–Crippen MR) is 45.2 cm³/mol. The minimum atomic E-state index is 0.377. The summed E-state index contributed by atoms with van der Waals surface area (Å²) in [5.41, 5.74) is 5.49. The highest BCUT2D eigenvalue weighted by molar-refractivity contribution is 9.18. The Balaban J connectivity index is 4.30. The largest absolute Gasteiger partial charge is 0.404 e. The van der Waals surface area contributed by atoms with Crippen LogP contribution in [0.2, 0.25) is 0 Å². The third-order valence-electron chi connectivity index (χ3n) is 0.842. The van der Waals surface area contributed by atoms with E-state index in [0.717, 1.165) is 0 Å². The van der Waals surface area contributed by atoms with Crippen molar-refractivity contribution >= 4 is 26.8 Å². The Hall–Kier alpha value is -0.640. The van der Waals surface area contributed by atoms with Crippen LogP contribution < -0.4 is 5.73 Å². The molecule has 0 aliphatic carbocycles. The first-order valence-electron chi connectivity index (χ1n) is 2.83. The van der Waals surface area contributed by atoms with E-state index in [0.29, 0.717) is 23.0 Å². The first-order chi connectivity index (χ1) is 4.76. The Morgan fingerprint density at radius 1 is 1.80 bits per heavy atom. The molecular formula is C6H9BrN2O. The van der Waals surface area contributed by atoms with Gasteiger partial charge in [0.05, 0.1) is 5.57 Å². The molecule has 0 amide bonds. The first kappa shape index (κ1) is 9.36. The SMILES string of the molecule is CCN=C(Br)C(C=O)=CN. The van der Waals surface area contributed by atoms with Crippen LogP contribution in [-0.2, 0) is 4.79 Å². The van der Waals surface area contributed by atoms with Crippen LogP contribution >= 0.6 is 15.9 Å². The summed E-state index contributed by atoms with van der Waals surface area (Å²) in [6.07, 6.45) is 1.87. The van der Waals surface area contributed by atoms with Crippen molar-refractivity contribution in [2.24, 2.45) is 10.7 Å². The monoisotopic (exact) mass is 204 g/mol. The molecule has 0 saturated heterocycles. The standard InChI is InChI=1S/C6H9BrN2O/c1-2-9-6(7)5(3-8)4-10/h3-4H,2,8H2,1H3. The van der Waals surface area contributed by atoms with Crippen molar-refractivity contribution in [1.82, 2.24) is 0 Å². The van der Waals surface area contributed by atoms with Crippen LogP contribution in [0.5, 0.6) is 0 Å². The summed E-state index contributed by atoms with van der Waals surface area (Å²) in [6, 6.07) is 0. The first-order valence-corrected chi connectivity index (χ1v) is 3.63. The molecule has 0 rings (SSSR count). The molecule has 0 heterocycles. The zero-order chi connectivity index (χ0) is 7.98. The van der Waals surface area contributed by atoms with Gasteiger partial charge in [0.2, 0.25) is 0 Å². The molecule has 0 spiro atoms. The summed E-state index contributed by atoms with van der Waals surface area (Å²) in [5, 5.41) is 0. The molecule has 0 radical (unpaired) electrons. The van der Waals surface area contributed by atoms with E-state index in [1.165, 1.54) is 6.20 Å². The van der Waals surface area contributed by atoms with E-state index in [4.69, 9.17) is 5.73 Å². The Morgan fingerprint density at radius 3 is 2.70 bits per heavy atom. The number of nitrogens with zero attached hydrogens (tertiary/aromatic N) is 1. The van der Waals surface area contributed by atoms with Crippen LogP contribution in [0.15, 0.2) is 16.8 Å². The Labute approximate surface area is 68.1 Å². The zero-order valence-electron chi connectivity index (χ0n) is 5.67. The molecule has 0 aromatic rings. The zero-order valence-corrected chi connectivity index (χ0v) is 7.26. The summed E-state index contributed by atoms with van der Waals surface area (Å²) in [7, 11) is 0. The molecule has 2 N–H and O–H groups in total.